The first kappa shape index (κ1) is 14.6. The lowest BCUT2D eigenvalue weighted by molar-refractivity contribution is 0.0996. The number of rotatable bonds is 3. The largest absolute Gasteiger partial charge is 0.365 e. The van der Waals surface area contributed by atoms with Gasteiger partial charge in [0, 0.05) is 18.3 Å². The highest BCUT2D eigenvalue weighted by Gasteiger charge is 2.23. The quantitative estimate of drug-likeness (QED) is 0.901. The Morgan fingerprint density at radius 3 is 2.35 bits per heavy atom. The zero-order valence-corrected chi connectivity index (χ0v) is 12.0. The number of carbonyl (C=O) groups excluding carboxylic acids is 1. The highest BCUT2D eigenvalue weighted by Crippen LogP contribution is 2.25. The van der Waals surface area contributed by atoms with E-state index < -0.39 is 11.5 Å². The fourth-order valence-corrected chi connectivity index (χ4v) is 2.79. The number of primary amides is 1. The number of hydrogen-bond acceptors (Lipinski definition) is 3. The van der Waals surface area contributed by atoms with Gasteiger partial charge in [0.15, 0.2) is 0 Å². The highest BCUT2D eigenvalue weighted by atomic mass is 16.2. The van der Waals surface area contributed by atoms with E-state index in [1.54, 1.807) is 0 Å². The zero-order valence-electron chi connectivity index (χ0n) is 12.0. The van der Waals surface area contributed by atoms with Crippen molar-refractivity contribution in [2.75, 3.05) is 0 Å². The summed E-state index contributed by atoms with van der Waals surface area (Å²) in [6, 6.07) is -0.246. The lowest BCUT2D eigenvalue weighted by Crippen LogP contribution is -2.46. The van der Waals surface area contributed by atoms with Crippen molar-refractivity contribution in [3.05, 3.63) is 32.6 Å². The van der Waals surface area contributed by atoms with Gasteiger partial charge >= 0.3 is 5.69 Å². The molecule has 1 saturated carbocycles. The monoisotopic (exact) mass is 279 g/mol. The van der Waals surface area contributed by atoms with Crippen molar-refractivity contribution in [1.29, 1.82) is 0 Å². The topological polar surface area (TPSA) is 87.1 Å². The van der Waals surface area contributed by atoms with Gasteiger partial charge in [-0.1, -0.05) is 19.3 Å². The molecule has 6 heteroatoms. The van der Waals surface area contributed by atoms with Crippen molar-refractivity contribution in [1.82, 2.24) is 9.13 Å². The van der Waals surface area contributed by atoms with Crippen LogP contribution in [0.1, 0.15) is 68.4 Å². The third-order valence-corrected chi connectivity index (χ3v) is 3.91. The Morgan fingerprint density at radius 1 is 1.25 bits per heavy atom. The second-order valence-corrected chi connectivity index (χ2v) is 5.66. The van der Waals surface area contributed by atoms with Crippen molar-refractivity contribution in [3.8, 4) is 0 Å². The molecule has 6 nitrogen and oxygen atoms in total. The Bertz CT molecular complexity index is 622. The predicted octanol–water partition coefficient (Wildman–Crippen LogP) is 1.20. The van der Waals surface area contributed by atoms with Crippen molar-refractivity contribution < 1.29 is 4.79 Å². The summed E-state index contributed by atoms with van der Waals surface area (Å²) in [4.78, 5) is 36.3. The van der Waals surface area contributed by atoms with Gasteiger partial charge < -0.3 is 5.73 Å². The highest BCUT2D eigenvalue weighted by molar-refractivity contribution is 5.92. The first-order chi connectivity index (χ1) is 9.43. The summed E-state index contributed by atoms with van der Waals surface area (Å²) in [6.07, 6.45) is 6.01. The third-order valence-electron chi connectivity index (χ3n) is 3.91. The molecule has 0 bridgehead atoms. The summed E-state index contributed by atoms with van der Waals surface area (Å²) < 4.78 is 2.65. The molecule has 0 radical (unpaired) electrons. The van der Waals surface area contributed by atoms with Crippen molar-refractivity contribution in [2.45, 2.75) is 58.0 Å². The van der Waals surface area contributed by atoms with Gasteiger partial charge in [-0.15, -0.1) is 0 Å². The number of hydrogen-bond donors (Lipinski definition) is 1. The Balaban J connectivity index is 2.67. The van der Waals surface area contributed by atoms with Gasteiger partial charge in [-0.25, -0.2) is 4.79 Å². The number of carbonyl (C=O) groups is 1. The first-order valence-electron chi connectivity index (χ1n) is 7.11. The van der Waals surface area contributed by atoms with Crippen LogP contribution in [0.2, 0.25) is 0 Å². The van der Waals surface area contributed by atoms with Crippen LogP contribution in [0, 0.1) is 0 Å². The summed E-state index contributed by atoms with van der Waals surface area (Å²) in [5, 5.41) is 0. The minimum atomic E-state index is -0.783. The van der Waals surface area contributed by atoms with Gasteiger partial charge in [0.25, 0.3) is 11.5 Å². The van der Waals surface area contributed by atoms with Crippen LogP contribution in [0.3, 0.4) is 0 Å². The van der Waals surface area contributed by atoms with E-state index in [0.717, 1.165) is 32.1 Å². The SMILES string of the molecule is CC(C)n1cc(C(N)=O)c(=O)n(C2CCCCC2)c1=O. The average Bonchev–Trinajstić information content (AvgIpc) is 2.39. The predicted molar refractivity (Wildman–Crippen MR) is 76.0 cm³/mol. The van der Waals surface area contributed by atoms with Gasteiger partial charge in [-0.3, -0.25) is 18.7 Å². The molecule has 1 aliphatic rings. The molecule has 0 saturated heterocycles. The van der Waals surface area contributed by atoms with Crippen molar-refractivity contribution in [2.24, 2.45) is 5.73 Å². The second kappa shape index (κ2) is 5.64. The molecule has 2 rings (SSSR count). The number of nitrogens with two attached hydrogens (primary N) is 1. The number of aromatic nitrogens is 2. The van der Waals surface area contributed by atoms with Gasteiger partial charge in [0.1, 0.15) is 5.56 Å². The van der Waals surface area contributed by atoms with E-state index in [9.17, 15) is 14.4 Å². The molecule has 2 N–H and O–H groups in total. The molecule has 1 fully saturated rings. The van der Waals surface area contributed by atoms with Crippen LogP contribution >= 0.6 is 0 Å². The average molecular weight is 279 g/mol. The van der Waals surface area contributed by atoms with Crippen LogP contribution < -0.4 is 17.0 Å². The van der Waals surface area contributed by atoms with Gasteiger partial charge in [0.2, 0.25) is 0 Å². The molecule has 1 aliphatic carbocycles. The smallest absolute Gasteiger partial charge is 0.331 e. The van der Waals surface area contributed by atoms with E-state index in [4.69, 9.17) is 5.73 Å². The first-order valence-corrected chi connectivity index (χ1v) is 7.11. The van der Waals surface area contributed by atoms with E-state index in [1.165, 1.54) is 15.3 Å². The van der Waals surface area contributed by atoms with Crippen LogP contribution in [-0.4, -0.2) is 15.0 Å². The lowest BCUT2D eigenvalue weighted by atomic mass is 9.95. The molecule has 110 valence electrons. The zero-order chi connectivity index (χ0) is 14.9. The summed E-state index contributed by atoms with van der Waals surface area (Å²) in [5.74, 6) is -0.783. The molecule has 0 spiro atoms. The van der Waals surface area contributed by atoms with E-state index in [-0.39, 0.29) is 23.3 Å². The molecule has 0 aromatic carbocycles. The number of amides is 1. The molecule has 1 aromatic heterocycles. The van der Waals surface area contributed by atoms with Crippen LogP contribution in [-0.2, 0) is 0 Å². The molecular formula is C14H21N3O3. The second-order valence-electron chi connectivity index (χ2n) is 5.66. The Labute approximate surface area is 117 Å². The van der Waals surface area contributed by atoms with E-state index in [2.05, 4.69) is 0 Å². The fourth-order valence-electron chi connectivity index (χ4n) is 2.79. The molecule has 1 aromatic rings. The summed E-state index contributed by atoms with van der Waals surface area (Å²) >= 11 is 0. The lowest BCUT2D eigenvalue weighted by Gasteiger charge is -2.25. The third kappa shape index (κ3) is 2.55. The minimum absolute atomic E-state index is 0.108. The summed E-state index contributed by atoms with van der Waals surface area (Å²) in [5.41, 5.74) is 4.26. The van der Waals surface area contributed by atoms with Crippen molar-refractivity contribution >= 4 is 5.91 Å². The van der Waals surface area contributed by atoms with Crippen LogP contribution in [0.15, 0.2) is 15.8 Å². The molecule has 1 heterocycles. The van der Waals surface area contributed by atoms with Crippen LogP contribution in [0.5, 0.6) is 0 Å². The Hall–Kier alpha value is -1.85. The summed E-state index contributed by atoms with van der Waals surface area (Å²) in [6.45, 7) is 3.67. The van der Waals surface area contributed by atoms with E-state index >= 15 is 0 Å². The molecule has 1 amide bonds. The molecule has 0 unspecified atom stereocenters. The molecular weight excluding hydrogens is 258 g/mol. The van der Waals surface area contributed by atoms with Crippen LogP contribution in [0.25, 0.3) is 0 Å². The number of nitrogens with zero attached hydrogens (tertiary/aromatic N) is 2. The standard InChI is InChI=1S/C14H21N3O3/c1-9(2)16-8-11(12(15)18)13(19)17(14(16)20)10-6-4-3-5-7-10/h8-10H,3-7H2,1-2H3,(H2,15,18). The Kier molecular flexibility index (Phi) is 4.11. The Morgan fingerprint density at radius 2 is 1.85 bits per heavy atom. The van der Waals surface area contributed by atoms with Crippen molar-refractivity contribution in [3.63, 3.8) is 0 Å². The van der Waals surface area contributed by atoms with Gasteiger partial charge in [-0.05, 0) is 26.7 Å². The molecule has 0 atom stereocenters. The van der Waals surface area contributed by atoms with Gasteiger partial charge in [-0.2, -0.15) is 0 Å². The maximum Gasteiger partial charge on any atom is 0.331 e. The molecule has 0 aliphatic heterocycles. The van der Waals surface area contributed by atoms with Crippen LogP contribution in [0.4, 0.5) is 0 Å². The fraction of sp³-hybridized carbons (Fsp3) is 0.643. The summed E-state index contributed by atoms with van der Waals surface area (Å²) in [7, 11) is 0. The van der Waals surface area contributed by atoms with E-state index in [0.29, 0.717) is 0 Å². The maximum atomic E-state index is 12.5. The van der Waals surface area contributed by atoms with E-state index in [1.807, 2.05) is 13.8 Å². The maximum absolute atomic E-state index is 12.5. The minimum Gasteiger partial charge on any atom is -0.365 e. The molecule has 20 heavy (non-hydrogen) atoms. The van der Waals surface area contributed by atoms with Gasteiger partial charge in [0.05, 0.1) is 0 Å². The normalized spacial score (nSPS) is 16.6.